The summed E-state index contributed by atoms with van der Waals surface area (Å²) in [4.78, 5) is 5.26. The van der Waals surface area contributed by atoms with Crippen molar-refractivity contribution in [1.82, 2.24) is 0 Å². The van der Waals surface area contributed by atoms with Gasteiger partial charge in [-0.25, -0.2) is 0 Å². The molecule has 0 unspecified atom stereocenters. The number of nitriles is 1. The van der Waals surface area contributed by atoms with Crippen molar-refractivity contribution in [2.75, 3.05) is 13.2 Å². The van der Waals surface area contributed by atoms with E-state index in [0.717, 1.165) is 5.56 Å². The second-order valence-corrected chi connectivity index (χ2v) is 3.60. The van der Waals surface area contributed by atoms with E-state index in [1.165, 1.54) is 0 Å². The van der Waals surface area contributed by atoms with E-state index >= 15 is 0 Å². The van der Waals surface area contributed by atoms with Gasteiger partial charge in [-0.1, -0.05) is 22.4 Å². The molecule has 0 saturated carbocycles. The van der Waals surface area contributed by atoms with Crippen LogP contribution in [0.4, 0.5) is 0 Å². The minimum Gasteiger partial charge on any atom is -0.376 e. The van der Waals surface area contributed by atoms with Crippen molar-refractivity contribution in [1.29, 1.82) is 5.26 Å². The highest BCUT2D eigenvalue weighted by atomic mass is 16.5. The first-order valence-electron chi connectivity index (χ1n) is 5.42. The second kappa shape index (κ2) is 8.39. The van der Waals surface area contributed by atoms with Gasteiger partial charge >= 0.3 is 0 Å². The van der Waals surface area contributed by atoms with Gasteiger partial charge in [0.15, 0.2) is 0 Å². The molecule has 0 aliphatic carbocycles. The third-order valence-corrected chi connectivity index (χ3v) is 2.23. The van der Waals surface area contributed by atoms with Crippen molar-refractivity contribution in [2.24, 2.45) is 10.2 Å². The Hall–Kier alpha value is -2.71. The lowest BCUT2D eigenvalue weighted by atomic mass is 10.2. The highest BCUT2D eigenvalue weighted by molar-refractivity contribution is 5.31. The Morgan fingerprint density at radius 2 is 2.00 bits per heavy atom. The van der Waals surface area contributed by atoms with E-state index in [-0.39, 0.29) is 13.2 Å². The Bertz CT molecular complexity index is 535. The standard InChI is InChI=1S/C11H11N7O/c12-5-9-1-3-10(4-2-9)7-19-8-11(16-18-14)6-15-17-13/h1-4,11H,6-8H2/t11-/m0/s1. The van der Waals surface area contributed by atoms with Crippen LogP contribution in [0.15, 0.2) is 34.5 Å². The smallest absolute Gasteiger partial charge is 0.0991 e. The molecule has 0 N–H and O–H groups in total. The van der Waals surface area contributed by atoms with Crippen molar-refractivity contribution >= 4 is 0 Å². The highest BCUT2D eigenvalue weighted by Gasteiger charge is 2.05. The van der Waals surface area contributed by atoms with Crippen LogP contribution >= 0.6 is 0 Å². The summed E-state index contributed by atoms with van der Waals surface area (Å²) < 4.78 is 5.37. The predicted molar refractivity (Wildman–Crippen MR) is 67.8 cm³/mol. The Morgan fingerprint density at radius 1 is 1.26 bits per heavy atom. The molecule has 0 saturated heterocycles. The number of nitrogens with zero attached hydrogens (tertiary/aromatic N) is 7. The van der Waals surface area contributed by atoms with E-state index in [0.29, 0.717) is 12.2 Å². The van der Waals surface area contributed by atoms with Crippen molar-refractivity contribution < 1.29 is 4.74 Å². The van der Waals surface area contributed by atoms with Crippen LogP contribution in [-0.2, 0) is 11.3 Å². The summed E-state index contributed by atoms with van der Waals surface area (Å²) in [6, 6.07) is 8.48. The van der Waals surface area contributed by atoms with Crippen LogP contribution < -0.4 is 0 Å². The average molecular weight is 257 g/mol. The predicted octanol–water partition coefficient (Wildman–Crippen LogP) is 3.06. The number of hydrogen-bond donors (Lipinski definition) is 0. The summed E-state index contributed by atoms with van der Waals surface area (Å²) in [7, 11) is 0. The summed E-state index contributed by atoms with van der Waals surface area (Å²) >= 11 is 0. The maximum Gasteiger partial charge on any atom is 0.0991 e. The molecule has 0 aliphatic heterocycles. The maximum absolute atomic E-state index is 8.65. The third kappa shape index (κ3) is 5.44. The number of hydrogen-bond acceptors (Lipinski definition) is 4. The average Bonchev–Trinajstić information content (AvgIpc) is 2.45. The number of benzene rings is 1. The minimum atomic E-state index is -0.515. The first kappa shape index (κ1) is 14.4. The van der Waals surface area contributed by atoms with E-state index < -0.39 is 6.04 Å². The molecule has 0 heterocycles. The molecule has 0 radical (unpaired) electrons. The van der Waals surface area contributed by atoms with E-state index in [9.17, 15) is 0 Å². The quantitative estimate of drug-likeness (QED) is 0.422. The lowest BCUT2D eigenvalue weighted by Crippen LogP contribution is -2.16. The fraction of sp³-hybridized carbons (Fsp3) is 0.364. The van der Waals surface area contributed by atoms with Gasteiger partial charge in [0.1, 0.15) is 0 Å². The molecule has 0 aliphatic rings. The zero-order valence-corrected chi connectivity index (χ0v) is 10.0. The molecule has 1 rings (SSSR count). The lowest BCUT2D eigenvalue weighted by molar-refractivity contribution is 0.109. The fourth-order valence-electron chi connectivity index (χ4n) is 1.31. The van der Waals surface area contributed by atoms with Gasteiger partial charge in [-0.3, -0.25) is 0 Å². The van der Waals surface area contributed by atoms with Crippen molar-refractivity contribution in [3.05, 3.63) is 56.3 Å². The molecule has 8 heteroatoms. The molecule has 0 bridgehead atoms. The summed E-state index contributed by atoms with van der Waals surface area (Å²) in [5.41, 5.74) is 18.0. The second-order valence-electron chi connectivity index (χ2n) is 3.60. The Kier molecular flexibility index (Phi) is 6.34. The van der Waals surface area contributed by atoms with E-state index in [4.69, 9.17) is 21.1 Å². The molecule has 96 valence electrons. The first-order chi connectivity index (χ1) is 9.30. The molecule has 1 aromatic rings. The maximum atomic E-state index is 8.65. The van der Waals surface area contributed by atoms with Crippen molar-refractivity contribution in [2.45, 2.75) is 12.6 Å². The van der Waals surface area contributed by atoms with Crippen molar-refractivity contribution in [3.63, 3.8) is 0 Å². The number of ether oxygens (including phenoxy) is 1. The highest BCUT2D eigenvalue weighted by Crippen LogP contribution is 2.06. The van der Waals surface area contributed by atoms with Crippen molar-refractivity contribution in [3.8, 4) is 6.07 Å². The summed E-state index contributed by atoms with van der Waals surface area (Å²) in [6.07, 6.45) is 0. The van der Waals surface area contributed by atoms with E-state index in [1.54, 1.807) is 24.3 Å². The minimum absolute atomic E-state index is 0.0634. The molecule has 8 nitrogen and oxygen atoms in total. The van der Waals surface area contributed by atoms with Gasteiger partial charge in [-0.05, 0) is 28.8 Å². The van der Waals surface area contributed by atoms with Crippen LogP contribution in [0, 0.1) is 11.3 Å². The molecular weight excluding hydrogens is 246 g/mol. The topological polar surface area (TPSA) is 131 Å². The molecule has 1 atom stereocenters. The monoisotopic (exact) mass is 257 g/mol. The largest absolute Gasteiger partial charge is 0.376 e. The zero-order chi connectivity index (χ0) is 13.9. The summed E-state index contributed by atoms with van der Waals surface area (Å²) in [5.74, 6) is 0. The van der Waals surface area contributed by atoms with Gasteiger partial charge in [0.2, 0.25) is 0 Å². The third-order valence-electron chi connectivity index (χ3n) is 2.23. The van der Waals surface area contributed by atoms with Gasteiger partial charge in [0.25, 0.3) is 0 Å². The Labute approximate surface area is 109 Å². The van der Waals surface area contributed by atoms with Crippen LogP contribution in [0.3, 0.4) is 0 Å². The Morgan fingerprint density at radius 3 is 2.58 bits per heavy atom. The van der Waals surface area contributed by atoms with Crippen LogP contribution in [0.5, 0.6) is 0 Å². The lowest BCUT2D eigenvalue weighted by Gasteiger charge is -2.09. The summed E-state index contributed by atoms with van der Waals surface area (Å²) in [6.45, 7) is 0.566. The number of rotatable bonds is 7. The number of azide groups is 2. The van der Waals surface area contributed by atoms with Gasteiger partial charge in [0.05, 0.1) is 30.9 Å². The molecule has 0 spiro atoms. The molecule has 19 heavy (non-hydrogen) atoms. The van der Waals surface area contributed by atoms with Gasteiger partial charge in [-0.2, -0.15) is 5.26 Å². The normalized spacial score (nSPS) is 10.7. The summed E-state index contributed by atoms with van der Waals surface area (Å²) in [5, 5.41) is 15.5. The fourth-order valence-corrected chi connectivity index (χ4v) is 1.31. The molecule has 1 aromatic carbocycles. The zero-order valence-electron chi connectivity index (χ0n) is 10.0. The van der Waals surface area contributed by atoms with Gasteiger partial charge in [-0.15, -0.1) is 0 Å². The molecule has 0 fully saturated rings. The van der Waals surface area contributed by atoms with Gasteiger partial charge < -0.3 is 4.74 Å². The first-order valence-corrected chi connectivity index (χ1v) is 5.42. The molecule has 0 amide bonds. The van der Waals surface area contributed by atoms with Gasteiger partial charge in [0, 0.05) is 16.4 Å². The van der Waals surface area contributed by atoms with Crippen LogP contribution in [0.25, 0.3) is 20.9 Å². The van der Waals surface area contributed by atoms with Crippen LogP contribution in [0.1, 0.15) is 11.1 Å². The molecule has 0 aromatic heterocycles. The van der Waals surface area contributed by atoms with E-state index in [1.807, 2.05) is 6.07 Å². The van der Waals surface area contributed by atoms with E-state index in [2.05, 4.69) is 20.1 Å². The molecular formula is C11H11N7O. The van der Waals surface area contributed by atoms with Crippen LogP contribution in [0.2, 0.25) is 0 Å². The Balaban J connectivity index is 2.44. The SMILES string of the molecule is N#Cc1ccc(COC[C@H](CN=[N+]=[N-])N=[N+]=[N-])cc1. The van der Waals surface area contributed by atoms with Crippen LogP contribution in [-0.4, -0.2) is 19.2 Å².